The molecule has 1 aliphatic carbocycles. The van der Waals surface area contributed by atoms with Crippen molar-refractivity contribution in [3.05, 3.63) is 51.8 Å². The van der Waals surface area contributed by atoms with Crippen LogP contribution in [0.1, 0.15) is 29.9 Å². The normalized spacial score (nSPS) is 14.1. The van der Waals surface area contributed by atoms with Crippen LogP contribution in [0.15, 0.2) is 29.2 Å². The fraction of sp³-hybridized carbons (Fsp3) is 0.333. The van der Waals surface area contributed by atoms with E-state index in [1.165, 1.54) is 13.1 Å². The molecule has 0 aliphatic heterocycles. The van der Waals surface area contributed by atoms with Crippen molar-refractivity contribution in [3.63, 3.8) is 0 Å². The Morgan fingerprint density at radius 2 is 2.17 bits per heavy atom. The Kier molecular flexibility index (Phi) is 3.40. The number of tetrazole rings is 1. The molecule has 1 aliphatic rings. The summed E-state index contributed by atoms with van der Waals surface area (Å²) >= 11 is 0. The van der Waals surface area contributed by atoms with Crippen LogP contribution >= 0.6 is 0 Å². The van der Waals surface area contributed by atoms with Crippen LogP contribution in [0.3, 0.4) is 0 Å². The topological polar surface area (TPSA) is 90.6 Å². The summed E-state index contributed by atoms with van der Waals surface area (Å²) < 4.78 is 22.2. The fourth-order valence-corrected chi connectivity index (χ4v) is 2.71. The lowest BCUT2D eigenvalue weighted by Gasteiger charge is -2.15. The highest BCUT2D eigenvalue weighted by Gasteiger charge is 2.30. The molecule has 0 unspecified atom stereocenters. The highest BCUT2D eigenvalue weighted by Crippen LogP contribution is 2.43. The van der Waals surface area contributed by atoms with E-state index < -0.39 is 11.5 Å². The molecule has 1 aromatic carbocycles. The van der Waals surface area contributed by atoms with Crippen LogP contribution in [0.4, 0.5) is 4.39 Å². The SMILES string of the molecule is Cn1nnn(-c2c(F)ccc(C3CC3)c2COc2ccn[nH]2)c1=O. The van der Waals surface area contributed by atoms with Crippen LogP contribution in [0.25, 0.3) is 5.69 Å². The number of aromatic amines is 1. The third-order valence-electron chi connectivity index (χ3n) is 4.07. The average Bonchev–Trinajstić information content (AvgIpc) is 3.19. The van der Waals surface area contributed by atoms with E-state index in [1.807, 2.05) is 0 Å². The summed E-state index contributed by atoms with van der Waals surface area (Å²) in [7, 11) is 1.47. The molecule has 0 bridgehead atoms. The van der Waals surface area contributed by atoms with Crippen LogP contribution in [0, 0.1) is 5.82 Å². The van der Waals surface area contributed by atoms with Gasteiger partial charge >= 0.3 is 5.69 Å². The van der Waals surface area contributed by atoms with E-state index >= 15 is 0 Å². The number of rotatable bonds is 5. The number of halogens is 1. The van der Waals surface area contributed by atoms with E-state index in [0.29, 0.717) is 17.4 Å². The van der Waals surface area contributed by atoms with Crippen LogP contribution in [-0.4, -0.2) is 30.0 Å². The molecular formula is C15H15FN6O2. The Labute approximate surface area is 135 Å². The molecule has 0 spiro atoms. The standard InChI is InChI=1S/C15H15FN6O2/c1-21-15(23)22(20-19-21)14-11(8-24-13-6-7-17-18-13)10(9-2-3-9)4-5-12(14)16/h4-7,9H,2-3,8H2,1H3,(H,17,18). The number of nitrogens with one attached hydrogen (secondary N) is 1. The van der Waals surface area contributed by atoms with Crippen molar-refractivity contribution in [3.8, 4) is 11.6 Å². The molecule has 9 heteroatoms. The summed E-state index contributed by atoms with van der Waals surface area (Å²) in [5, 5.41) is 14.0. The molecule has 8 nitrogen and oxygen atoms in total. The molecule has 0 amide bonds. The van der Waals surface area contributed by atoms with Crippen molar-refractivity contribution in [1.82, 2.24) is 30.0 Å². The first-order chi connectivity index (χ1) is 11.6. The Balaban J connectivity index is 1.82. The summed E-state index contributed by atoms with van der Waals surface area (Å²) in [4.78, 5) is 12.2. The zero-order valence-corrected chi connectivity index (χ0v) is 12.9. The second-order valence-corrected chi connectivity index (χ2v) is 5.74. The monoisotopic (exact) mass is 330 g/mol. The summed E-state index contributed by atoms with van der Waals surface area (Å²) in [6.07, 6.45) is 3.64. The molecule has 1 N–H and O–H groups in total. The van der Waals surface area contributed by atoms with Gasteiger partial charge in [-0.25, -0.2) is 14.3 Å². The van der Waals surface area contributed by atoms with Gasteiger partial charge in [-0.1, -0.05) is 6.07 Å². The predicted molar refractivity (Wildman–Crippen MR) is 81.5 cm³/mol. The maximum absolute atomic E-state index is 14.5. The van der Waals surface area contributed by atoms with E-state index in [9.17, 15) is 9.18 Å². The lowest BCUT2D eigenvalue weighted by atomic mass is 10.0. The van der Waals surface area contributed by atoms with Gasteiger partial charge in [-0.3, -0.25) is 0 Å². The molecule has 3 aromatic rings. The maximum Gasteiger partial charge on any atom is 0.368 e. The number of ether oxygens (including phenoxy) is 1. The number of nitrogens with zero attached hydrogens (tertiary/aromatic N) is 5. The van der Waals surface area contributed by atoms with Crippen molar-refractivity contribution < 1.29 is 9.13 Å². The Hall–Kier alpha value is -2.97. The van der Waals surface area contributed by atoms with Gasteiger partial charge in [0.05, 0.1) is 6.20 Å². The molecule has 2 aromatic heterocycles. The molecule has 24 heavy (non-hydrogen) atoms. The van der Waals surface area contributed by atoms with Crippen molar-refractivity contribution in [2.45, 2.75) is 25.4 Å². The third-order valence-corrected chi connectivity index (χ3v) is 4.07. The molecular weight excluding hydrogens is 315 g/mol. The molecule has 0 radical (unpaired) electrons. The van der Waals surface area contributed by atoms with E-state index in [4.69, 9.17) is 4.74 Å². The van der Waals surface area contributed by atoms with Gasteiger partial charge < -0.3 is 4.74 Å². The van der Waals surface area contributed by atoms with E-state index in [0.717, 1.165) is 27.8 Å². The molecule has 1 saturated carbocycles. The van der Waals surface area contributed by atoms with Gasteiger partial charge in [-0.2, -0.15) is 14.5 Å². The second-order valence-electron chi connectivity index (χ2n) is 5.74. The molecule has 1 fully saturated rings. The number of hydrogen-bond acceptors (Lipinski definition) is 5. The van der Waals surface area contributed by atoms with E-state index in [2.05, 4.69) is 20.6 Å². The predicted octanol–water partition coefficient (Wildman–Crippen LogP) is 1.28. The minimum Gasteiger partial charge on any atom is -0.473 e. The summed E-state index contributed by atoms with van der Waals surface area (Å²) in [6, 6.07) is 4.79. The minimum absolute atomic E-state index is 0.0945. The van der Waals surface area contributed by atoms with Gasteiger partial charge in [0.1, 0.15) is 18.1 Å². The van der Waals surface area contributed by atoms with Gasteiger partial charge in [-0.05, 0) is 40.8 Å². The zero-order valence-electron chi connectivity index (χ0n) is 12.9. The Morgan fingerprint density at radius 1 is 1.33 bits per heavy atom. The summed E-state index contributed by atoms with van der Waals surface area (Å²) in [5.74, 6) is 0.292. The van der Waals surface area contributed by atoms with Crippen LogP contribution in [0.5, 0.6) is 5.88 Å². The minimum atomic E-state index is -0.537. The van der Waals surface area contributed by atoms with Crippen LogP contribution in [0.2, 0.25) is 0 Å². The summed E-state index contributed by atoms with van der Waals surface area (Å²) in [5.41, 5.74) is 1.17. The first kappa shape index (κ1) is 14.6. The first-order valence-corrected chi connectivity index (χ1v) is 7.58. The second kappa shape index (κ2) is 5.59. The Bertz CT molecular complexity index is 926. The fourth-order valence-electron chi connectivity index (χ4n) is 2.71. The lowest BCUT2D eigenvalue weighted by molar-refractivity contribution is 0.291. The lowest BCUT2D eigenvalue weighted by Crippen LogP contribution is -2.24. The maximum atomic E-state index is 14.5. The number of aromatic nitrogens is 6. The summed E-state index contributed by atoms with van der Waals surface area (Å²) in [6.45, 7) is 0.101. The highest BCUT2D eigenvalue weighted by molar-refractivity contribution is 5.49. The largest absolute Gasteiger partial charge is 0.473 e. The van der Waals surface area contributed by atoms with Crippen LogP contribution < -0.4 is 10.4 Å². The number of aryl methyl sites for hydroxylation is 1. The van der Waals surface area contributed by atoms with Gasteiger partial charge in [0.25, 0.3) is 0 Å². The molecule has 2 heterocycles. The van der Waals surface area contributed by atoms with E-state index in [1.54, 1.807) is 18.3 Å². The molecule has 4 rings (SSSR count). The zero-order chi connectivity index (χ0) is 16.7. The smallest absolute Gasteiger partial charge is 0.368 e. The molecule has 0 atom stereocenters. The van der Waals surface area contributed by atoms with Crippen LogP contribution in [-0.2, 0) is 13.7 Å². The average molecular weight is 330 g/mol. The van der Waals surface area contributed by atoms with Gasteiger partial charge in [0.2, 0.25) is 5.88 Å². The first-order valence-electron chi connectivity index (χ1n) is 7.58. The number of benzene rings is 1. The van der Waals surface area contributed by atoms with E-state index in [-0.39, 0.29) is 12.3 Å². The highest BCUT2D eigenvalue weighted by atomic mass is 19.1. The number of H-pyrrole nitrogens is 1. The van der Waals surface area contributed by atoms with Crippen molar-refractivity contribution >= 4 is 0 Å². The van der Waals surface area contributed by atoms with Crippen molar-refractivity contribution in [2.75, 3.05) is 0 Å². The van der Waals surface area contributed by atoms with Gasteiger partial charge in [0.15, 0.2) is 0 Å². The van der Waals surface area contributed by atoms with Crippen molar-refractivity contribution in [1.29, 1.82) is 0 Å². The van der Waals surface area contributed by atoms with Crippen molar-refractivity contribution in [2.24, 2.45) is 7.05 Å². The van der Waals surface area contributed by atoms with Gasteiger partial charge in [0, 0.05) is 18.7 Å². The van der Waals surface area contributed by atoms with Gasteiger partial charge in [-0.15, -0.1) is 0 Å². The quantitative estimate of drug-likeness (QED) is 0.761. The number of hydrogen-bond donors (Lipinski definition) is 1. The molecule has 124 valence electrons. The Morgan fingerprint density at radius 3 is 2.79 bits per heavy atom. The third kappa shape index (κ3) is 2.47. The molecule has 0 saturated heterocycles.